The van der Waals surface area contributed by atoms with Crippen molar-refractivity contribution >= 4 is 23.4 Å². The highest BCUT2D eigenvalue weighted by atomic mass is 32.2. The maximum absolute atomic E-state index is 11.3. The first kappa shape index (κ1) is 14.9. The van der Waals surface area contributed by atoms with E-state index < -0.39 is 5.97 Å². The van der Waals surface area contributed by atoms with Crippen LogP contribution in [0.25, 0.3) is 0 Å². The number of benzene rings is 1. The zero-order chi connectivity index (χ0) is 13.4. The molecule has 1 aromatic rings. The fourth-order valence-electron chi connectivity index (χ4n) is 1.71. The van der Waals surface area contributed by atoms with Crippen LogP contribution in [0.5, 0.6) is 0 Å². The smallest absolute Gasteiger partial charge is 0.338 e. The van der Waals surface area contributed by atoms with Crippen LogP contribution in [0.1, 0.15) is 29.6 Å². The normalized spacial score (nSPS) is 10.3. The van der Waals surface area contributed by atoms with Gasteiger partial charge in [-0.3, -0.25) is 0 Å². The molecule has 0 aliphatic carbocycles. The van der Waals surface area contributed by atoms with Crippen LogP contribution in [-0.4, -0.2) is 35.6 Å². The van der Waals surface area contributed by atoms with E-state index in [1.54, 1.807) is 6.07 Å². The van der Waals surface area contributed by atoms with Crippen molar-refractivity contribution in [2.45, 2.75) is 24.2 Å². The number of hydrogen-bond acceptors (Lipinski definition) is 4. The number of rotatable bonds is 8. The average Bonchev–Trinajstić information content (AvgIpc) is 2.37. The van der Waals surface area contributed by atoms with Gasteiger partial charge >= 0.3 is 5.97 Å². The van der Waals surface area contributed by atoms with Gasteiger partial charge in [-0.2, -0.15) is 0 Å². The van der Waals surface area contributed by atoms with E-state index >= 15 is 0 Å². The molecule has 0 aromatic heterocycles. The molecule has 0 heterocycles. The van der Waals surface area contributed by atoms with E-state index in [0.717, 1.165) is 30.7 Å². The third kappa shape index (κ3) is 4.23. The van der Waals surface area contributed by atoms with Gasteiger partial charge in [-0.15, -0.1) is 11.8 Å². The molecule has 0 fully saturated rings. The van der Waals surface area contributed by atoms with Gasteiger partial charge in [0.15, 0.2) is 0 Å². The first-order valence-electron chi connectivity index (χ1n) is 5.95. The van der Waals surface area contributed by atoms with Gasteiger partial charge in [0, 0.05) is 23.7 Å². The summed E-state index contributed by atoms with van der Waals surface area (Å²) in [7, 11) is 0. The van der Waals surface area contributed by atoms with Crippen LogP contribution in [-0.2, 0) is 0 Å². The summed E-state index contributed by atoms with van der Waals surface area (Å²) in [5.41, 5.74) is 1.01. The van der Waals surface area contributed by atoms with Crippen molar-refractivity contribution in [3.05, 3.63) is 23.8 Å². The minimum Gasteiger partial charge on any atom is -0.478 e. The molecule has 18 heavy (non-hydrogen) atoms. The SMILES string of the molecule is CSc1cccc(NCCCCCO)c1C(=O)O. The maximum Gasteiger partial charge on any atom is 0.338 e. The number of hydrogen-bond donors (Lipinski definition) is 3. The van der Waals surface area contributed by atoms with E-state index in [9.17, 15) is 9.90 Å². The lowest BCUT2D eigenvalue weighted by atomic mass is 10.1. The largest absolute Gasteiger partial charge is 0.478 e. The summed E-state index contributed by atoms with van der Waals surface area (Å²) < 4.78 is 0. The molecule has 0 radical (unpaired) electrons. The predicted octanol–water partition coefficient (Wildman–Crippen LogP) is 2.68. The Labute approximate surface area is 111 Å². The molecule has 0 saturated carbocycles. The molecule has 100 valence electrons. The summed E-state index contributed by atoms with van der Waals surface area (Å²) in [4.78, 5) is 12.0. The highest BCUT2D eigenvalue weighted by Crippen LogP contribution is 2.27. The molecular formula is C13H19NO3S. The molecule has 5 heteroatoms. The van der Waals surface area contributed by atoms with Crippen molar-refractivity contribution in [3.63, 3.8) is 0 Å². The Balaban J connectivity index is 2.67. The van der Waals surface area contributed by atoms with Crippen molar-refractivity contribution < 1.29 is 15.0 Å². The highest BCUT2D eigenvalue weighted by molar-refractivity contribution is 7.98. The van der Waals surface area contributed by atoms with Gasteiger partial charge in [-0.05, 0) is 37.7 Å². The fraction of sp³-hybridized carbons (Fsp3) is 0.462. The number of aliphatic hydroxyl groups is 1. The molecule has 1 rings (SSSR count). The molecule has 0 saturated heterocycles. The number of anilines is 1. The second-order valence-electron chi connectivity index (χ2n) is 3.90. The third-order valence-electron chi connectivity index (χ3n) is 2.61. The van der Waals surface area contributed by atoms with Gasteiger partial charge in [0.25, 0.3) is 0 Å². The van der Waals surface area contributed by atoms with Crippen molar-refractivity contribution in [2.24, 2.45) is 0 Å². The second-order valence-corrected chi connectivity index (χ2v) is 4.75. The predicted molar refractivity (Wildman–Crippen MR) is 74.6 cm³/mol. The highest BCUT2D eigenvalue weighted by Gasteiger charge is 2.14. The Morgan fingerprint density at radius 2 is 2.11 bits per heavy atom. The number of carbonyl (C=O) groups is 1. The lowest BCUT2D eigenvalue weighted by molar-refractivity contribution is 0.0694. The van der Waals surface area contributed by atoms with Crippen molar-refractivity contribution in [1.29, 1.82) is 0 Å². The van der Waals surface area contributed by atoms with Crippen molar-refractivity contribution in [3.8, 4) is 0 Å². The van der Waals surface area contributed by atoms with E-state index in [1.807, 2.05) is 18.4 Å². The van der Waals surface area contributed by atoms with Crippen LogP contribution < -0.4 is 5.32 Å². The Bertz CT molecular complexity index is 396. The van der Waals surface area contributed by atoms with Crippen LogP contribution in [0.4, 0.5) is 5.69 Å². The quantitative estimate of drug-likeness (QED) is 0.500. The van der Waals surface area contributed by atoms with E-state index in [-0.39, 0.29) is 6.61 Å². The van der Waals surface area contributed by atoms with Crippen molar-refractivity contribution in [1.82, 2.24) is 0 Å². The van der Waals surface area contributed by atoms with E-state index in [4.69, 9.17) is 5.11 Å². The Morgan fingerprint density at radius 1 is 1.33 bits per heavy atom. The lowest BCUT2D eigenvalue weighted by Gasteiger charge is -2.12. The fourth-order valence-corrected chi connectivity index (χ4v) is 2.32. The number of unbranched alkanes of at least 4 members (excludes halogenated alkanes) is 2. The Hall–Kier alpha value is -1.20. The molecule has 0 atom stereocenters. The van der Waals surface area contributed by atoms with E-state index in [1.165, 1.54) is 11.8 Å². The molecular weight excluding hydrogens is 250 g/mol. The molecule has 0 bridgehead atoms. The molecule has 0 aliphatic rings. The van der Waals surface area contributed by atoms with Gasteiger partial charge in [0.05, 0.1) is 5.56 Å². The molecule has 0 amide bonds. The maximum atomic E-state index is 11.3. The first-order chi connectivity index (χ1) is 8.70. The Morgan fingerprint density at radius 3 is 2.72 bits per heavy atom. The summed E-state index contributed by atoms with van der Waals surface area (Å²) in [5, 5.41) is 21.1. The minimum atomic E-state index is -0.905. The van der Waals surface area contributed by atoms with Crippen LogP contribution in [0, 0.1) is 0 Å². The number of carboxylic acids is 1. The van der Waals surface area contributed by atoms with Gasteiger partial charge in [-0.25, -0.2) is 4.79 Å². The van der Waals surface area contributed by atoms with Gasteiger partial charge in [0.2, 0.25) is 0 Å². The molecule has 3 N–H and O–H groups in total. The number of carboxylic acid groups (broad SMARTS) is 1. The summed E-state index contributed by atoms with van der Waals surface area (Å²) >= 11 is 1.43. The second kappa shape index (κ2) is 8.00. The number of aliphatic hydroxyl groups excluding tert-OH is 1. The molecule has 0 aliphatic heterocycles. The average molecular weight is 269 g/mol. The first-order valence-corrected chi connectivity index (χ1v) is 7.18. The zero-order valence-corrected chi connectivity index (χ0v) is 11.3. The number of thioether (sulfide) groups is 1. The van der Waals surface area contributed by atoms with Crippen LogP contribution in [0.2, 0.25) is 0 Å². The van der Waals surface area contributed by atoms with E-state index in [0.29, 0.717) is 11.3 Å². The minimum absolute atomic E-state index is 0.211. The van der Waals surface area contributed by atoms with Crippen molar-refractivity contribution in [2.75, 3.05) is 24.7 Å². The zero-order valence-electron chi connectivity index (χ0n) is 10.5. The van der Waals surface area contributed by atoms with Crippen LogP contribution >= 0.6 is 11.8 Å². The molecule has 4 nitrogen and oxygen atoms in total. The molecule has 1 aromatic carbocycles. The standard InChI is InChI=1S/C13H19NO3S/c1-18-11-7-5-6-10(12(11)13(16)17)14-8-3-2-4-9-15/h5-7,14-15H,2-4,8-9H2,1H3,(H,16,17). The topological polar surface area (TPSA) is 69.6 Å². The van der Waals surface area contributed by atoms with Gasteiger partial charge in [0.1, 0.15) is 0 Å². The molecule has 0 spiro atoms. The monoisotopic (exact) mass is 269 g/mol. The van der Waals surface area contributed by atoms with E-state index in [2.05, 4.69) is 5.32 Å². The lowest BCUT2D eigenvalue weighted by Crippen LogP contribution is -2.09. The third-order valence-corrected chi connectivity index (χ3v) is 3.39. The Kier molecular flexibility index (Phi) is 6.60. The summed E-state index contributed by atoms with van der Waals surface area (Å²) in [6.45, 7) is 0.931. The summed E-state index contributed by atoms with van der Waals surface area (Å²) in [5.74, 6) is -0.905. The van der Waals surface area contributed by atoms with Gasteiger partial charge in [-0.1, -0.05) is 6.07 Å². The van der Waals surface area contributed by atoms with Gasteiger partial charge < -0.3 is 15.5 Å². The van der Waals surface area contributed by atoms with Crippen LogP contribution in [0.3, 0.4) is 0 Å². The summed E-state index contributed by atoms with van der Waals surface area (Å²) in [6, 6.07) is 5.45. The molecule has 0 unspecified atom stereocenters. The number of nitrogens with one attached hydrogen (secondary N) is 1. The van der Waals surface area contributed by atoms with Crippen LogP contribution in [0.15, 0.2) is 23.1 Å². The summed E-state index contributed by atoms with van der Waals surface area (Å²) in [6.07, 6.45) is 4.52. The number of aromatic carboxylic acids is 1.